The molecule has 0 bridgehead atoms. The molecule has 1 aromatic carbocycles. The topological polar surface area (TPSA) is 31.2 Å². The highest BCUT2D eigenvalue weighted by molar-refractivity contribution is 6.35. The maximum absolute atomic E-state index is 11.0. The monoisotopic (exact) mass is 237 g/mol. The van der Waals surface area contributed by atoms with Crippen molar-refractivity contribution in [3.05, 3.63) is 35.5 Å². The normalized spacial score (nSPS) is 10.6. The van der Waals surface area contributed by atoms with Crippen molar-refractivity contribution in [3.8, 4) is 0 Å². The van der Waals surface area contributed by atoms with Crippen LogP contribution in [0.2, 0.25) is 5.02 Å². The molecule has 1 aromatic heterocycles. The zero-order valence-electron chi connectivity index (χ0n) is 8.94. The van der Waals surface area contributed by atoms with Crippen molar-refractivity contribution in [2.45, 2.75) is 13.0 Å². The number of esters is 1. The van der Waals surface area contributed by atoms with Crippen molar-refractivity contribution in [1.29, 1.82) is 0 Å². The number of methoxy groups -OCH3 is 1. The van der Waals surface area contributed by atoms with E-state index < -0.39 is 0 Å². The molecule has 0 aliphatic carbocycles. The van der Waals surface area contributed by atoms with Gasteiger partial charge in [0.2, 0.25) is 0 Å². The Bertz CT molecular complexity index is 519. The van der Waals surface area contributed by atoms with Gasteiger partial charge in [-0.05, 0) is 18.2 Å². The van der Waals surface area contributed by atoms with Crippen LogP contribution in [0.1, 0.15) is 6.42 Å². The summed E-state index contributed by atoms with van der Waals surface area (Å²) in [6, 6.07) is 7.70. The fourth-order valence-electron chi connectivity index (χ4n) is 1.69. The smallest absolute Gasteiger partial charge is 0.307 e. The first-order chi connectivity index (χ1) is 7.72. The Kier molecular flexibility index (Phi) is 3.15. The molecule has 0 aliphatic rings. The summed E-state index contributed by atoms with van der Waals surface area (Å²) in [5.41, 5.74) is 1.04. The number of rotatable bonds is 3. The van der Waals surface area contributed by atoms with Crippen LogP contribution < -0.4 is 0 Å². The summed E-state index contributed by atoms with van der Waals surface area (Å²) in [6.07, 6.45) is 2.30. The van der Waals surface area contributed by atoms with Gasteiger partial charge in [-0.3, -0.25) is 4.79 Å². The van der Waals surface area contributed by atoms with E-state index in [4.69, 9.17) is 11.6 Å². The zero-order valence-corrected chi connectivity index (χ0v) is 9.70. The predicted octanol–water partition coefficient (Wildman–Crippen LogP) is 2.86. The number of halogens is 1. The van der Waals surface area contributed by atoms with Crippen LogP contribution in [-0.4, -0.2) is 17.6 Å². The summed E-state index contributed by atoms with van der Waals surface area (Å²) < 4.78 is 6.60. The van der Waals surface area contributed by atoms with E-state index in [-0.39, 0.29) is 5.97 Å². The van der Waals surface area contributed by atoms with Gasteiger partial charge in [-0.15, -0.1) is 0 Å². The molecule has 3 nitrogen and oxygen atoms in total. The fourth-order valence-corrected chi connectivity index (χ4v) is 1.93. The minimum absolute atomic E-state index is 0.205. The molecule has 0 spiro atoms. The van der Waals surface area contributed by atoms with Crippen LogP contribution in [-0.2, 0) is 16.1 Å². The highest BCUT2D eigenvalue weighted by Crippen LogP contribution is 2.24. The van der Waals surface area contributed by atoms with Gasteiger partial charge in [0.1, 0.15) is 0 Å². The average molecular weight is 238 g/mol. The maximum atomic E-state index is 11.0. The zero-order chi connectivity index (χ0) is 11.5. The number of ether oxygens (including phenoxy) is 1. The van der Waals surface area contributed by atoms with Crippen molar-refractivity contribution in [1.82, 2.24) is 4.57 Å². The van der Waals surface area contributed by atoms with Crippen LogP contribution in [0.15, 0.2) is 30.5 Å². The lowest BCUT2D eigenvalue weighted by Crippen LogP contribution is -2.05. The molecule has 2 aromatic rings. The summed E-state index contributed by atoms with van der Waals surface area (Å²) in [4.78, 5) is 11.0. The van der Waals surface area contributed by atoms with Gasteiger partial charge in [0.25, 0.3) is 0 Å². The van der Waals surface area contributed by atoms with E-state index in [0.717, 1.165) is 15.9 Å². The van der Waals surface area contributed by atoms with Crippen LogP contribution in [0.4, 0.5) is 0 Å². The van der Waals surface area contributed by atoms with E-state index >= 15 is 0 Å². The molecule has 0 aliphatic heterocycles. The first-order valence-electron chi connectivity index (χ1n) is 5.02. The molecule has 84 valence electrons. The number of fused-ring (bicyclic) bond motifs is 1. The highest BCUT2D eigenvalue weighted by Gasteiger charge is 2.05. The van der Waals surface area contributed by atoms with Crippen molar-refractivity contribution >= 4 is 28.5 Å². The Balaban J connectivity index is 2.25. The first-order valence-corrected chi connectivity index (χ1v) is 5.40. The number of aromatic nitrogens is 1. The van der Waals surface area contributed by atoms with E-state index in [1.165, 1.54) is 7.11 Å². The Morgan fingerprint density at radius 2 is 2.25 bits per heavy atom. The third-order valence-electron chi connectivity index (χ3n) is 2.54. The molecule has 0 atom stereocenters. The molecule has 16 heavy (non-hydrogen) atoms. The largest absolute Gasteiger partial charge is 0.469 e. The van der Waals surface area contributed by atoms with Gasteiger partial charge in [0, 0.05) is 28.7 Å². The fraction of sp³-hybridized carbons (Fsp3) is 0.250. The summed E-state index contributed by atoms with van der Waals surface area (Å²) in [5.74, 6) is -0.205. The maximum Gasteiger partial charge on any atom is 0.307 e. The van der Waals surface area contributed by atoms with Crippen LogP contribution in [0.25, 0.3) is 10.9 Å². The van der Waals surface area contributed by atoms with Gasteiger partial charge in [-0.1, -0.05) is 17.7 Å². The highest BCUT2D eigenvalue weighted by atomic mass is 35.5. The second-order valence-corrected chi connectivity index (χ2v) is 3.92. The number of hydrogen-bond donors (Lipinski definition) is 0. The summed E-state index contributed by atoms with van der Waals surface area (Å²) >= 11 is 6.06. The quantitative estimate of drug-likeness (QED) is 0.769. The van der Waals surface area contributed by atoms with Gasteiger partial charge in [-0.2, -0.15) is 0 Å². The lowest BCUT2D eigenvalue weighted by atomic mass is 10.2. The molecule has 0 radical (unpaired) electrons. The molecule has 0 fully saturated rings. The van der Waals surface area contributed by atoms with E-state index in [9.17, 15) is 4.79 Å². The Labute approximate surface area is 98.6 Å². The molecule has 1 heterocycles. The molecule has 2 rings (SSSR count). The molecule has 4 heteroatoms. The van der Waals surface area contributed by atoms with Crippen molar-refractivity contribution in [2.75, 3.05) is 7.11 Å². The lowest BCUT2D eigenvalue weighted by Gasteiger charge is -2.04. The van der Waals surface area contributed by atoms with E-state index in [1.807, 2.05) is 35.0 Å². The molecular formula is C12H12ClNO2. The average Bonchev–Trinajstić information content (AvgIpc) is 2.70. The second-order valence-electron chi connectivity index (χ2n) is 3.51. The summed E-state index contributed by atoms with van der Waals surface area (Å²) in [5, 5.41) is 1.74. The predicted molar refractivity (Wildman–Crippen MR) is 63.6 cm³/mol. The molecule has 0 unspecified atom stereocenters. The number of hydrogen-bond acceptors (Lipinski definition) is 2. The Hall–Kier alpha value is -1.48. The lowest BCUT2D eigenvalue weighted by molar-refractivity contribution is -0.140. The van der Waals surface area contributed by atoms with Gasteiger partial charge >= 0.3 is 5.97 Å². The van der Waals surface area contributed by atoms with Crippen molar-refractivity contribution in [3.63, 3.8) is 0 Å². The van der Waals surface area contributed by atoms with E-state index in [1.54, 1.807) is 0 Å². The van der Waals surface area contributed by atoms with Crippen molar-refractivity contribution in [2.24, 2.45) is 0 Å². The van der Waals surface area contributed by atoms with Crippen molar-refractivity contribution < 1.29 is 9.53 Å². The van der Waals surface area contributed by atoms with Crippen LogP contribution in [0.5, 0.6) is 0 Å². The summed E-state index contributed by atoms with van der Waals surface area (Å²) in [6.45, 7) is 0.608. The molecular weight excluding hydrogens is 226 g/mol. The first kappa shape index (κ1) is 11.0. The van der Waals surface area contributed by atoms with Gasteiger partial charge in [-0.25, -0.2) is 0 Å². The second kappa shape index (κ2) is 4.58. The standard InChI is InChI=1S/C12H12ClNO2/c1-16-12(15)6-8-14-7-5-9-10(13)3-2-4-11(9)14/h2-5,7H,6,8H2,1H3. The van der Waals surface area contributed by atoms with Crippen LogP contribution in [0, 0.1) is 0 Å². The van der Waals surface area contributed by atoms with Crippen LogP contribution in [0.3, 0.4) is 0 Å². The number of carbonyl (C=O) groups is 1. The molecule has 0 amide bonds. The van der Waals surface area contributed by atoms with Gasteiger partial charge < -0.3 is 9.30 Å². The molecule has 0 N–H and O–H groups in total. The third-order valence-corrected chi connectivity index (χ3v) is 2.87. The van der Waals surface area contributed by atoms with Gasteiger partial charge in [0.15, 0.2) is 0 Å². The summed E-state index contributed by atoms with van der Waals surface area (Å²) in [7, 11) is 1.40. The number of nitrogens with zero attached hydrogens (tertiary/aromatic N) is 1. The number of benzene rings is 1. The number of carbonyl (C=O) groups excluding carboxylic acids is 1. The van der Waals surface area contributed by atoms with E-state index in [0.29, 0.717) is 13.0 Å². The molecule has 0 saturated heterocycles. The van der Waals surface area contributed by atoms with Gasteiger partial charge in [0.05, 0.1) is 13.5 Å². The SMILES string of the molecule is COC(=O)CCn1ccc2c(Cl)cccc21. The van der Waals surface area contributed by atoms with E-state index in [2.05, 4.69) is 4.74 Å². The molecule has 0 saturated carbocycles. The van der Waals surface area contributed by atoms with Crippen LogP contribution >= 0.6 is 11.6 Å². The third kappa shape index (κ3) is 2.04. The Morgan fingerprint density at radius 1 is 1.44 bits per heavy atom. The number of aryl methyl sites for hydroxylation is 1. The minimum Gasteiger partial charge on any atom is -0.469 e. The minimum atomic E-state index is -0.205. The Morgan fingerprint density at radius 3 is 3.00 bits per heavy atom.